The summed E-state index contributed by atoms with van der Waals surface area (Å²) in [6.07, 6.45) is 5.24. The molecule has 0 fully saturated rings. The number of nitrogens with two attached hydrogens (primary N) is 1. The minimum Gasteiger partial charge on any atom is -0.270 e. The molecule has 0 saturated heterocycles. The molecular weight excluding hydrogens is 207 g/mol. The molecule has 3 N–H and O–H groups in total. The average molecular weight is 215 g/mol. The van der Waals surface area contributed by atoms with Crippen LogP contribution in [0.5, 0.6) is 0 Å². The van der Waals surface area contributed by atoms with E-state index >= 15 is 0 Å². The molecule has 1 aromatic rings. The molecule has 68 valence electrons. The second-order valence-electron chi connectivity index (χ2n) is 2.47. The van der Waals surface area contributed by atoms with Gasteiger partial charge in [0.05, 0.1) is 0 Å². The van der Waals surface area contributed by atoms with E-state index in [1.54, 1.807) is 18.2 Å². The third-order valence-electron chi connectivity index (χ3n) is 1.55. The van der Waals surface area contributed by atoms with Gasteiger partial charge < -0.3 is 0 Å². The van der Waals surface area contributed by atoms with E-state index in [1.165, 1.54) is 0 Å². The maximum Gasteiger partial charge on any atom is 0.107 e. The molecule has 2 nitrogen and oxygen atoms in total. The van der Waals surface area contributed by atoms with Crippen LogP contribution >= 0.6 is 23.2 Å². The zero-order valence-corrected chi connectivity index (χ0v) is 8.23. The normalized spacial score (nSPS) is 12.2. The van der Waals surface area contributed by atoms with Crippen LogP contribution in [0.4, 0.5) is 0 Å². The topological polar surface area (TPSA) is 38.0 Å². The van der Waals surface area contributed by atoms with E-state index in [0.29, 0.717) is 10.0 Å². The first kappa shape index (κ1) is 10.4. The van der Waals surface area contributed by atoms with E-state index in [9.17, 15) is 0 Å². The van der Waals surface area contributed by atoms with Crippen LogP contribution in [0, 0.1) is 12.3 Å². The van der Waals surface area contributed by atoms with E-state index in [1.807, 2.05) is 0 Å². The summed E-state index contributed by atoms with van der Waals surface area (Å²) >= 11 is 11.6. The zero-order chi connectivity index (χ0) is 9.84. The van der Waals surface area contributed by atoms with E-state index in [0.717, 1.165) is 5.56 Å². The van der Waals surface area contributed by atoms with Crippen LogP contribution in [-0.4, -0.2) is 0 Å². The minimum atomic E-state index is -0.365. The van der Waals surface area contributed by atoms with Crippen molar-refractivity contribution in [2.75, 3.05) is 0 Å². The molecule has 1 unspecified atom stereocenters. The standard InChI is InChI=1S/C9H8Cl2N2/c1-2-9(13-12)6-3-7(10)5-8(11)4-6/h1,3-5,9,13H,12H2. The summed E-state index contributed by atoms with van der Waals surface area (Å²) in [5.74, 6) is 7.71. The lowest BCUT2D eigenvalue weighted by atomic mass is 10.1. The molecule has 0 aliphatic rings. The molecule has 0 heterocycles. The first-order chi connectivity index (χ1) is 6.17. The van der Waals surface area contributed by atoms with Crippen molar-refractivity contribution in [1.29, 1.82) is 0 Å². The van der Waals surface area contributed by atoms with E-state index in [4.69, 9.17) is 35.5 Å². The summed E-state index contributed by atoms with van der Waals surface area (Å²) in [6, 6.07) is 4.71. The summed E-state index contributed by atoms with van der Waals surface area (Å²) < 4.78 is 0. The Labute approximate surface area is 87.0 Å². The molecule has 13 heavy (non-hydrogen) atoms. The van der Waals surface area contributed by atoms with Crippen LogP contribution in [0.1, 0.15) is 11.6 Å². The number of halogens is 2. The maximum absolute atomic E-state index is 5.79. The van der Waals surface area contributed by atoms with Crippen molar-refractivity contribution >= 4 is 23.2 Å². The lowest BCUT2D eigenvalue weighted by Crippen LogP contribution is -2.26. The molecule has 0 aliphatic heterocycles. The van der Waals surface area contributed by atoms with Crippen LogP contribution in [0.15, 0.2) is 18.2 Å². The van der Waals surface area contributed by atoms with Crippen LogP contribution in [0.2, 0.25) is 10.0 Å². The molecule has 0 aliphatic carbocycles. The van der Waals surface area contributed by atoms with Gasteiger partial charge in [-0.1, -0.05) is 29.1 Å². The van der Waals surface area contributed by atoms with Crippen molar-refractivity contribution in [3.05, 3.63) is 33.8 Å². The fraction of sp³-hybridized carbons (Fsp3) is 0.111. The van der Waals surface area contributed by atoms with Crippen molar-refractivity contribution in [3.63, 3.8) is 0 Å². The smallest absolute Gasteiger partial charge is 0.107 e. The summed E-state index contributed by atoms with van der Waals surface area (Å²) in [5.41, 5.74) is 3.25. The third kappa shape index (κ3) is 2.61. The van der Waals surface area contributed by atoms with E-state index in [2.05, 4.69) is 11.3 Å². The molecule has 0 aromatic heterocycles. The molecule has 4 heteroatoms. The van der Waals surface area contributed by atoms with Gasteiger partial charge in [0.1, 0.15) is 6.04 Å². The van der Waals surface area contributed by atoms with Crippen molar-refractivity contribution in [1.82, 2.24) is 5.43 Å². The van der Waals surface area contributed by atoms with Gasteiger partial charge in [0, 0.05) is 10.0 Å². The van der Waals surface area contributed by atoms with Crippen LogP contribution in [0.25, 0.3) is 0 Å². The van der Waals surface area contributed by atoms with Gasteiger partial charge in [0.25, 0.3) is 0 Å². The van der Waals surface area contributed by atoms with Crippen LogP contribution in [0.3, 0.4) is 0 Å². The minimum absolute atomic E-state index is 0.365. The molecule has 0 saturated carbocycles. The molecule has 0 amide bonds. The average Bonchev–Trinajstić information content (AvgIpc) is 2.04. The maximum atomic E-state index is 5.79. The number of hydrogen-bond acceptors (Lipinski definition) is 2. The van der Waals surface area contributed by atoms with Gasteiger partial charge in [0.2, 0.25) is 0 Å². The van der Waals surface area contributed by atoms with Gasteiger partial charge >= 0.3 is 0 Å². The molecule has 1 aromatic carbocycles. The molecule has 0 bridgehead atoms. The second-order valence-corrected chi connectivity index (χ2v) is 3.34. The summed E-state index contributed by atoms with van der Waals surface area (Å²) in [4.78, 5) is 0. The highest BCUT2D eigenvalue weighted by Crippen LogP contribution is 2.22. The van der Waals surface area contributed by atoms with E-state index < -0.39 is 0 Å². The predicted molar refractivity (Wildman–Crippen MR) is 55.4 cm³/mol. The number of rotatable bonds is 2. The van der Waals surface area contributed by atoms with Gasteiger partial charge in [-0.2, -0.15) is 0 Å². The molecule has 1 atom stereocenters. The lowest BCUT2D eigenvalue weighted by molar-refractivity contribution is 0.674. The second kappa shape index (κ2) is 4.50. The lowest BCUT2D eigenvalue weighted by Gasteiger charge is -2.09. The highest BCUT2D eigenvalue weighted by atomic mass is 35.5. The zero-order valence-electron chi connectivity index (χ0n) is 6.72. The fourth-order valence-electron chi connectivity index (χ4n) is 0.982. The molecular formula is C9H8Cl2N2. The van der Waals surface area contributed by atoms with Gasteiger partial charge in [0.15, 0.2) is 0 Å². The number of hydrazine groups is 1. The Hall–Kier alpha value is -0.720. The SMILES string of the molecule is C#CC(NN)c1cc(Cl)cc(Cl)c1. The van der Waals surface area contributed by atoms with E-state index in [-0.39, 0.29) is 6.04 Å². The largest absolute Gasteiger partial charge is 0.270 e. The Bertz CT molecular complexity index is 324. The van der Waals surface area contributed by atoms with Crippen molar-refractivity contribution in [3.8, 4) is 12.3 Å². The van der Waals surface area contributed by atoms with Gasteiger partial charge in [-0.05, 0) is 23.8 Å². The molecule has 0 spiro atoms. The van der Waals surface area contributed by atoms with Crippen LogP contribution < -0.4 is 11.3 Å². The number of terminal acetylenes is 1. The summed E-state index contributed by atoms with van der Waals surface area (Å²) in [7, 11) is 0. The Morgan fingerprint density at radius 2 is 1.85 bits per heavy atom. The number of hydrogen-bond donors (Lipinski definition) is 2. The Balaban J connectivity index is 3.08. The Kier molecular flexibility index (Phi) is 3.58. The summed E-state index contributed by atoms with van der Waals surface area (Å²) in [5, 5.41) is 1.08. The van der Waals surface area contributed by atoms with Crippen molar-refractivity contribution < 1.29 is 0 Å². The molecule has 0 radical (unpaired) electrons. The quantitative estimate of drug-likeness (QED) is 0.450. The molecule has 1 rings (SSSR count). The van der Waals surface area contributed by atoms with Crippen molar-refractivity contribution in [2.45, 2.75) is 6.04 Å². The monoisotopic (exact) mass is 214 g/mol. The number of benzene rings is 1. The Morgan fingerprint density at radius 1 is 1.31 bits per heavy atom. The fourth-order valence-corrected chi connectivity index (χ4v) is 1.53. The van der Waals surface area contributed by atoms with Gasteiger partial charge in [-0.3, -0.25) is 5.84 Å². The highest BCUT2D eigenvalue weighted by molar-refractivity contribution is 6.34. The first-order valence-corrected chi connectivity index (χ1v) is 4.31. The third-order valence-corrected chi connectivity index (χ3v) is 1.99. The summed E-state index contributed by atoms with van der Waals surface area (Å²) in [6.45, 7) is 0. The number of nitrogens with one attached hydrogen (secondary N) is 1. The highest BCUT2D eigenvalue weighted by Gasteiger charge is 2.07. The first-order valence-electron chi connectivity index (χ1n) is 3.55. The van der Waals surface area contributed by atoms with Gasteiger partial charge in [-0.15, -0.1) is 6.42 Å². The predicted octanol–water partition coefficient (Wildman–Crippen LogP) is 2.13. The van der Waals surface area contributed by atoms with Crippen LogP contribution in [-0.2, 0) is 0 Å². The van der Waals surface area contributed by atoms with Gasteiger partial charge in [-0.25, -0.2) is 5.43 Å². The Morgan fingerprint density at radius 3 is 2.23 bits per heavy atom. The van der Waals surface area contributed by atoms with Crippen molar-refractivity contribution in [2.24, 2.45) is 5.84 Å².